The van der Waals surface area contributed by atoms with Gasteiger partial charge < -0.3 is 0 Å². The first-order valence-corrected chi connectivity index (χ1v) is 2.74. The topological polar surface area (TPSA) is 0 Å². The zero-order valence-corrected chi connectivity index (χ0v) is 7.96. The van der Waals surface area contributed by atoms with Crippen LogP contribution in [0.5, 0.6) is 0 Å². The van der Waals surface area contributed by atoms with E-state index in [-0.39, 0.29) is 20.1 Å². The van der Waals surface area contributed by atoms with Crippen molar-refractivity contribution in [3.05, 3.63) is 35.4 Å². The van der Waals surface area contributed by atoms with E-state index in [1.807, 2.05) is 19.1 Å². The van der Waals surface area contributed by atoms with Crippen LogP contribution in [0.15, 0.2) is 18.2 Å². The molecule has 1 aromatic carbocycles. The molecule has 0 spiro atoms. The van der Waals surface area contributed by atoms with Gasteiger partial charge in [0.15, 0.2) is 0 Å². The van der Waals surface area contributed by atoms with Crippen LogP contribution in [-0.2, 0) is 20.1 Å². The van der Waals surface area contributed by atoms with Gasteiger partial charge in [-0.3, -0.25) is 0 Å². The van der Waals surface area contributed by atoms with E-state index in [4.69, 9.17) is 0 Å². The van der Waals surface area contributed by atoms with Crippen LogP contribution in [0, 0.1) is 19.9 Å². The Bertz CT molecular complexity index is 164. The van der Waals surface area contributed by atoms with Crippen molar-refractivity contribution >= 4 is 0 Å². The van der Waals surface area contributed by atoms with Gasteiger partial charge in [-0.2, -0.15) is 35.4 Å². The van der Waals surface area contributed by atoms with Gasteiger partial charge in [0.25, 0.3) is 0 Å². The third kappa shape index (κ3) is 2.78. The maximum atomic E-state index is 3.07. The number of benzene rings is 1. The Morgan fingerprint density at radius 2 is 2.00 bits per heavy atom. The number of aryl methyl sites for hydroxylation is 2. The van der Waals surface area contributed by atoms with E-state index in [0.29, 0.717) is 0 Å². The van der Waals surface area contributed by atoms with Gasteiger partial charge in [0.2, 0.25) is 0 Å². The molecule has 0 bridgehead atoms. The first-order valence-electron chi connectivity index (χ1n) is 2.74. The quantitative estimate of drug-likeness (QED) is 0.643. The van der Waals surface area contributed by atoms with Crippen LogP contribution in [0.25, 0.3) is 0 Å². The summed E-state index contributed by atoms with van der Waals surface area (Å²) in [4.78, 5) is 0. The van der Waals surface area contributed by atoms with Gasteiger partial charge in [-0.1, -0.05) is 13.8 Å². The van der Waals surface area contributed by atoms with Crippen LogP contribution in [0.3, 0.4) is 0 Å². The van der Waals surface area contributed by atoms with Crippen molar-refractivity contribution in [2.24, 2.45) is 0 Å². The molecule has 51 valence electrons. The van der Waals surface area contributed by atoms with Crippen LogP contribution in [-0.4, -0.2) is 0 Å². The fourth-order valence-electron chi connectivity index (χ4n) is 0.736. The minimum atomic E-state index is 0. The van der Waals surface area contributed by atoms with Crippen LogP contribution in [0.2, 0.25) is 0 Å². The van der Waals surface area contributed by atoms with Crippen molar-refractivity contribution in [3.8, 4) is 0 Å². The summed E-state index contributed by atoms with van der Waals surface area (Å²) in [5.41, 5.74) is 2.52. The Hall–Kier alpha value is -0.131. The molecule has 1 heteroatoms. The van der Waals surface area contributed by atoms with E-state index in [1.54, 1.807) is 0 Å². The summed E-state index contributed by atoms with van der Waals surface area (Å²) in [5.74, 6) is 0. The molecule has 0 heterocycles. The van der Waals surface area contributed by atoms with Gasteiger partial charge in [0.05, 0.1) is 0 Å². The summed E-state index contributed by atoms with van der Waals surface area (Å²) >= 11 is 0. The maximum Gasteiger partial charge on any atom is 0 e. The SMILES string of the molecule is Cc1[c-]ccc(C)c1.[Ir]. The van der Waals surface area contributed by atoms with E-state index < -0.39 is 0 Å². The van der Waals surface area contributed by atoms with Gasteiger partial charge in [-0.25, -0.2) is 0 Å². The summed E-state index contributed by atoms with van der Waals surface area (Å²) in [6, 6.07) is 9.18. The Morgan fingerprint density at radius 3 is 2.33 bits per heavy atom. The molecule has 1 aromatic rings. The van der Waals surface area contributed by atoms with Crippen molar-refractivity contribution in [1.29, 1.82) is 0 Å². The summed E-state index contributed by atoms with van der Waals surface area (Å²) < 4.78 is 0. The summed E-state index contributed by atoms with van der Waals surface area (Å²) in [6.07, 6.45) is 0. The molecular formula is C8H9Ir-. The predicted octanol–water partition coefficient (Wildman–Crippen LogP) is 2.10. The van der Waals surface area contributed by atoms with Crippen LogP contribution >= 0.6 is 0 Å². The number of hydrogen-bond acceptors (Lipinski definition) is 0. The fourth-order valence-corrected chi connectivity index (χ4v) is 0.736. The van der Waals surface area contributed by atoms with Gasteiger partial charge in [0.1, 0.15) is 0 Å². The summed E-state index contributed by atoms with van der Waals surface area (Å²) in [7, 11) is 0. The van der Waals surface area contributed by atoms with E-state index in [0.717, 1.165) is 0 Å². The molecule has 0 N–H and O–H groups in total. The average Bonchev–Trinajstić information content (AvgIpc) is 1.64. The first-order chi connectivity index (χ1) is 3.79. The number of hydrogen-bond donors (Lipinski definition) is 0. The van der Waals surface area contributed by atoms with Crippen molar-refractivity contribution in [3.63, 3.8) is 0 Å². The Kier molecular flexibility index (Phi) is 3.76. The van der Waals surface area contributed by atoms with Crippen LogP contribution < -0.4 is 0 Å². The molecule has 1 radical (unpaired) electrons. The molecule has 0 aliphatic heterocycles. The second-order valence-corrected chi connectivity index (χ2v) is 2.05. The van der Waals surface area contributed by atoms with E-state index >= 15 is 0 Å². The van der Waals surface area contributed by atoms with E-state index in [9.17, 15) is 0 Å². The molecule has 9 heavy (non-hydrogen) atoms. The standard InChI is InChI=1S/C8H9.Ir/c1-7-4-3-5-8(2)6-7;/h3-4,6H,1-2H3;/q-1;. The Labute approximate surface area is 69.6 Å². The summed E-state index contributed by atoms with van der Waals surface area (Å²) in [5, 5.41) is 0. The van der Waals surface area contributed by atoms with Crippen molar-refractivity contribution < 1.29 is 20.1 Å². The second-order valence-electron chi connectivity index (χ2n) is 2.05. The van der Waals surface area contributed by atoms with Gasteiger partial charge >= 0.3 is 0 Å². The molecule has 0 aromatic heterocycles. The Balaban J connectivity index is 0.000000640. The molecule has 0 aliphatic carbocycles. The fraction of sp³-hybridized carbons (Fsp3) is 0.250. The third-order valence-electron chi connectivity index (χ3n) is 1.10. The third-order valence-corrected chi connectivity index (χ3v) is 1.10. The molecule has 0 aliphatic rings. The molecular weight excluding hydrogens is 288 g/mol. The average molecular weight is 297 g/mol. The second kappa shape index (κ2) is 3.81. The molecule has 0 saturated heterocycles. The molecule has 0 saturated carbocycles. The van der Waals surface area contributed by atoms with Crippen LogP contribution in [0.1, 0.15) is 11.1 Å². The number of rotatable bonds is 0. The van der Waals surface area contributed by atoms with Crippen molar-refractivity contribution in [2.45, 2.75) is 13.8 Å². The van der Waals surface area contributed by atoms with Gasteiger partial charge in [-0.05, 0) is 0 Å². The van der Waals surface area contributed by atoms with Gasteiger partial charge in [-0.15, -0.1) is 0 Å². The molecule has 0 fully saturated rings. The zero-order chi connectivity index (χ0) is 5.98. The molecule has 1 rings (SSSR count). The van der Waals surface area contributed by atoms with Gasteiger partial charge in [0, 0.05) is 20.1 Å². The molecule has 0 nitrogen and oxygen atoms in total. The first kappa shape index (κ1) is 8.87. The minimum Gasteiger partial charge on any atom is -0.181 e. The van der Waals surface area contributed by atoms with E-state index in [1.165, 1.54) is 11.1 Å². The van der Waals surface area contributed by atoms with Crippen molar-refractivity contribution in [1.82, 2.24) is 0 Å². The van der Waals surface area contributed by atoms with E-state index in [2.05, 4.69) is 19.1 Å². The molecule has 0 amide bonds. The normalized spacial score (nSPS) is 8.22. The summed E-state index contributed by atoms with van der Waals surface area (Å²) in [6.45, 7) is 4.13. The monoisotopic (exact) mass is 298 g/mol. The Morgan fingerprint density at radius 1 is 1.33 bits per heavy atom. The predicted molar refractivity (Wildman–Crippen MR) is 34.8 cm³/mol. The smallest absolute Gasteiger partial charge is 0 e. The van der Waals surface area contributed by atoms with Crippen molar-refractivity contribution in [2.75, 3.05) is 0 Å². The molecule has 0 unspecified atom stereocenters. The maximum absolute atomic E-state index is 3.07. The minimum absolute atomic E-state index is 0. The zero-order valence-electron chi connectivity index (χ0n) is 5.57. The largest absolute Gasteiger partial charge is 0.181 e. The molecule has 0 atom stereocenters. The van der Waals surface area contributed by atoms with Crippen LogP contribution in [0.4, 0.5) is 0 Å².